The molecule has 110 valence electrons. The Kier molecular flexibility index (Phi) is 3.10. The van der Waals surface area contributed by atoms with Crippen molar-refractivity contribution in [3.63, 3.8) is 0 Å². The van der Waals surface area contributed by atoms with Crippen LogP contribution in [0.25, 0.3) is 5.70 Å². The molecule has 2 heterocycles. The summed E-state index contributed by atoms with van der Waals surface area (Å²) in [6.45, 7) is 3.69. The van der Waals surface area contributed by atoms with Crippen molar-refractivity contribution in [2.45, 2.75) is 19.4 Å². The first-order valence-corrected chi connectivity index (χ1v) is 6.75. The third-order valence-corrected chi connectivity index (χ3v) is 3.40. The minimum absolute atomic E-state index is 0.442. The van der Waals surface area contributed by atoms with Crippen LogP contribution in [0, 0.1) is 17.1 Å². The monoisotopic (exact) mass is 296 g/mol. The molecular weight excluding hydrogens is 283 g/mol. The first-order chi connectivity index (χ1) is 10.4. The summed E-state index contributed by atoms with van der Waals surface area (Å²) in [4.78, 5) is 12.1. The Morgan fingerprint density at radius 2 is 2.09 bits per heavy atom. The van der Waals surface area contributed by atoms with Crippen LogP contribution in [-0.4, -0.2) is 10.2 Å². The zero-order valence-corrected chi connectivity index (χ0v) is 12.1. The minimum Gasteiger partial charge on any atom is -0.483 e. The number of pyridine rings is 1. The Hall–Kier alpha value is -2.87. The molecule has 0 saturated carbocycles. The van der Waals surface area contributed by atoms with Gasteiger partial charge in [-0.05, 0) is 50.3 Å². The fraction of sp³-hybridized carbons (Fsp3) is 0.176. The standard InChI is InChI=1S/C17H13FN2O2/c1-17(2)9-14(20-7-3-4-13(18)16(20)21)12-8-11(10-19)5-6-15(12)22-17/h3-9H,1-2H3. The van der Waals surface area contributed by atoms with Gasteiger partial charge in [0.15, 0.2) is 5.82 Å². The van der Waals surface area contributed by atoms with Gasteiger partial charge >= 0.3 is 0 Å². The third kappa shape index (κ3) is 2.29. The van der Waals surface area contributed by atoms with Crippen molar-refractivity contribution in [3.8, 4) is 11.8 Å². The summed E-state index contributed by atoms with van der Waals surface area (Å²) in [6.07, 6.45) is 3.25. The highest BCUT2D eigenvalue weighted by atomic mass is 19.1. The zero-order valence-electron chi connectivity index (χ0n) is 12.1. The minimum atomic E-state index is -0.828. The summed E-state index contributed by atoms with van der Waals surface area (Å²) in [6, 6.07) is 9.60. The summed E-state index contributed by atoms with van der Waals surface area (Å²) in [5, 5.41) is 9.06. The van der Waals surface area contributed by atoms with Gasteiger partial charge in [-0.25, -0.2) is 4.39 Å². The number of nitriles is 1. The number of hydrogen-bond donors (Lipinski definition) is 0. The second-order valence-electron chi connectivity index (χ2n) is 5.59. The van der Waals surface area contributed by atoms with E-state index in [-0.39, 0.29) is 0 Å². The van der Waals surface area contributed by atoms with Gasteiger partial charge < -0.3 is 4.74 Å². The highest BCUT2D eigenvalue weighted by molar-refractivity contribution is 5.74. The van der Waals surface area contributed by atoms with E-state index in [1.165, 1.54) is 16.8 Å². The molecule has 0 unspecified atom stereocenters. The maximum atomic E-state index is 13.6. The van der Waals surface area contributed by atoms with Gasteiger partial charge in [-0.2, -0.15) is 5.26 Å². The van der Waals surface area contributed by atoms with Crippen molar-refractivity contribution in [1.29, 1.82) is 5.26 Å². The molecule has 1 aliphatic rings. The molecule has 5 heteroatoms. The van der Waals surface area contributed by atoms with Crippen LogP contribution in [0.5, 0.6) is 5.75 Å². The van der Waals surface area contributed by atoms with Crippen molar-refractivity contribution in [2.24, 2.45) is 0 Å². The van der Waals surface area contributed by atoms with E-state index >= 15 is 0 Å². The Balaban J connectivity index is 2.30. The van der Waals surface area contributed by atoms with Crippen molar-refractivity contribution in [1.82, 2.24) is 4.57 Å². The molecule has 0 amide bonds. The van der Waals surface area contributed by atoms with E-state index in [1.54, 1.807) is 24.3 Å². The van der Waals surface area contributed by atoms with E-state index in [0.29, 0.717) is 22.6 Å². The maximum absolute atomic E-state index is 13.6. The molecule has 0 N–H and O–H groups in total. The van der Waals surface area contributed by atoms with Gasteiger partial charge in [0.2, 0.25) is 0 Å². The number of nitrogens with zero attached hydrogens (tertiary/aromatic N) is 2. The topological polar surface area (TPSA) is 55.0 Å². The van der Waals surface area contributed by atoms with Gasteiger partial charge in [-0.1, -0.05) is 0 Å². The van der Waals surface area contributed by atoms with Crippen LogP contribution in [-0.2, 0) is 0 Å². The van der Waals surface area contributed by atoms with Gasteiger partial charge in [0, 0.05) is 11.8 Å². The molecular formula is C17H13FN2O2. The van der Waals surface area contributed by atoms with Gasteiger partial charge in [-0.15, -0.1) is 0 Å². The van der Waals surface area contributed by atoms with Crippen LogP contribution in [0.2, 0.25) is 0 Å². The van der Waals surface area contributed by atoms with Crippen molar-refractivity contribution < 1.29 is 9.13 Å². The van der Waals surface area contributed by atoms with Crippen molar-refractivity contribution >= 4 is 5.70 Å². The lowest BCUT2D eigenvalue weighted by molar-refractivity contribution is 0.157. The predicted molar refractivity (Wildman–Crippen MR) is 79.9 cm³/mol. The molecule has 1 aromatic heterocycles. The Morgan fingerprint density at radius 1 is 1.32 bits per heavy atom. The van der Waals surface area contributed by atoms with Crippen LogP contribution >= 0.6 is 0 Å². The molecule has 0 aliphatic carbocycles. The predicted octanol–water partition coefficient (Wildman–Crippen LogP) is 2.92. The maximum Gasteiger partial charge on any atom is 0.291 e. The van der Waals surface area contributed by atoms with E-state index in [4.69, 9.17) is 10.00 Å². The second kappa shape index (κ2) is 4.85. The molecule has 0 radical (unpaired) electrons. The highest BCUT2D eigenvalue weighted by Gasteiger charge is 2.28. The molecule has 0 bridgehead atoms. The molecule has 22 heavy (non-hydrogen) atoms. The van der Waals surface area contributed by atoms with Gasteiger partial charge in [0.05, 0.1) is 17.3 Å². The van der Waals surface area contributed by atoms with Crippen molar-refractivity contribution in [3.05, 3.63) is 69.9 Å². The Morgan fingerprint density at radius 3 is 2.82 bits per heavy atom. The number of aromatic nitrogens is 1. The summed E-state index contributed by atoms with van der Waals surface area (Å²) < 4.78 is 20.7. The number of halogens is 1. The molecule has 0 fully saturated rings. The number of rotatable bonds is 1. The SMILES string of the molecule is CC1(C)C=C(n2cccc(F)c2=O)c2cc(C#N)ccc2O1. The van der Waals surface area contributed by atoms with E-state index in [1.807, 2.05) is 13.8 Å². The second-order valence-corrected chi connectivity index (χ2v) is 5.59. The van der Waals surface area contributed by atoms with Crippen LogP contribution in [0.15, 0.2) is 47.4 Å². The summed E-state index contributed by atoms with van der Waals surface area (Å²) in [5.41, 5.74) is 0.151. The molecule has 0 saturated heterocycles. The van der Waals surface area contributed by atoms with Crippen molar-refractivity contribution in [2.75, 3.05) is 0 Å². The molecule has 0 atom stereocenters. The number of hydrogen-bond acceptors (Lipinski definition) is 3. The van der Waals surface area contributed by atoms with Gasteiger partial charge in [0.25, 0.3) is 5.56 Å². The van der Waals surface area contributed by atoms with E-state index in [2.05, 4.69) is 6.07 Å². The fourth-order valence-electron chi connectivity index (χ4n) is 2.47. The molecule has 4 nitrogen and oxygen atoms in total. The number of fused-ring (bicyclic) bond motifs is 1. The average molecular weight is 296 g/mol. The Bertz CT molecular complexity index is 888. The van der Waals surface area contributed by atoms with E-state index < -0.39 is 17.0 Å². The summed E-state index contributed by atoms with van der Waals surface area (Å²) in [5.74, 6) is -0.275. The molecule has 0 spiro atoms. The summed E-state index contributed by atoms with van der Waals surface area (Å²) in [7, 11) is 0. The van der Waals surface area contributed by atoms with Crippen LogP contribution in [0.4, 0.5) is 4.39 Å². The molecule has 3 rings (SSSR count). The lowest BCUT2D eigenvalue weighted by atomic mass is 9.97. The van der Waals surface area contributed by atoms with Crippen LogP contribution < -0.4 is 10.3 Å². The highest BCUT2D eigenvalue weighted by Crippen LogP contribution is 2.36. The average Bonchev–Trinajstić information content (AvgIpc) is 2.48. The molecule has 1 aliphatic heterocycles. The largest absolute Gasteiger partial charge is 0.483 e. The van der Waals surface area contributed by atoms with Gasteiger partial charge in [0.1, 0.15) is 11.4 Å². The fourth-order valence-corrected chi connectivity index (χ4v) is 2.47. The summed E-state index contributed by atoms with van der Waals surface area (Å²) >= 11 is 0. The van der Waals surface area contributed by atoms with Gasteiger partial charge in [-0.3, -0.25) is 9.36 Å². The number of benzene rings is 1. The first-order valence-electron chi connectivity index (χ1n) is 6.75. The lowest BCUT2D eigenvalue weighted by Crippen LogP contribution is -2.32. The van der Waals surface area contributed by atoms with E-state index in [0.717, 1.165) is 6.07 Å². The van der Waals surface area contributed by atoms with E-state index in [9.17, 15) is 9.18 Å². The van der Waals surface area contributed by atoms with Crippen LogP contribution in [0.1, 0.15) is 25.0 Å². The third-order valence-electron chi connectivity index (χ3n) is 3.40. The Labute approximate surface area is 126 Å². The number of ether oxygens (including phenoxy) is 1. The quantitative estimate of drug-likeness (QED) is 0.813. The lowest BCUT2D eigenvalue weighted by Gasteiger charge is -2.31. The smallest absolute Gasteiger partial charge is 0.291 e. The first kappa shape index (κ1) is 14.1. The zero-order chi connectivity index (χ0) is 15.9. The molecule has 2 aromatic rings. The van der Waals surface area contributed by atoms with Crippen LogP contribution in [0.3, 0.4) is 0 Å². The normalized spacial score (nSPS) is 15.3. The molecule has 1 aromatic carbocycles.